The van der Waals surface area contributed by atoms with E-state index in [-0.39, 0.29) is 17.3 Å². The van der Waals surface area contributed by atoms with Crippen LogP contribution in [0.5, 0.6) is 0 Å². The van der Waals surface area contributed by atoms with Crippen molar-refractivity contribution in [3.8, 4) is 0 Å². The topological polar surface area (TPSA) is 51.2 Å². The van der Waals surface area contributed by atoms with Gasteiger partial charge in [0, 0.05) is 5.75 Å². The summed E-state index contributed by atoms with van der Waals surface area (Å²) in [4.78, 5) is 10.2. The van der Waals surface area contributed by atoms with Crippen LogP contribution in [0, 0.1) is 0 Å². The summed E-state index contributed by atoms with van der Waals surface area (Å²) >= 11 is 0. The number of carbonyl (C=O) groups excluding carboxylic acids is 1. The zero-order chi connectivity index (χ0) is 7.49. The van der Waals surface area contributed by atoms with Gasteiger partial charge in [0.25, 0.3) is 0 Å². The third-order valence-corrected chi connectivity index (χ3v) is 2.59. The normalized spacial score (nSPS) is 11.3. The highest BCUT2D eigenvalue weighted by Gasteiger charge is 2.09. The van der Waals surface area contributed by atoms with E-state index >= 15 is 0 Å². The molecule has 3 nitrogen and oxygen atoms in total. The maximum Gasteiger partial charge on any atom is 0.157 e. The van der Waals surface area contributed by atoms with E-state index in [0.29, 0.717) is 0 Å². The number of sulfone groups is 1. The first kappa shape index (κ1) is 8.62. The molecule has 0 saturated heterocycles. The molecule has 0 heterocycles. The second-order valence-corrected chi connectivity index (χ2v) is 4.23. The van der Waals surface area contributed by atoms with Crippen LogP contribution in [0.4, 0.5) is 0 Å². The molecular weight excluding hydrogens is 140 g/mol. The van der Waals surface area contributed by atoms with Gasteiger partial charge in [0.05, 0.1) is 0 Å². The van der Waals surface area contributed by atoms with E-state index in [0.717, 1.165) is 0 Å². The predicted octanol–water partition coefficient (Wildman–Crippen LogP) is 0.0101. The molecule has 0 bridgehead atoms. The SMILES string of the molecule is CCS(=O)(=O)CC(C)=O. The lowest BCUT2D eigenvalue weighted by molar-refractivity contribution is -0.114. The van der Waals surface area contributed by atoms with Crippen LogP contribution in [0.3, 0.4) is 0 Å². The molecule has 0 amide bonds. The molecule has 0 aromatic heterocycles. The van der Waals surface area contributed by atoms with Crippen LogP contribution in [-0.4, -0.2) is 25.7 Å². The van der Waals surface area contributed by atoms with Crippen LogP contribution in [0.1, 0.15) is 13.8 Å². The number of hydrogen-bond acceptors (Lipinski definition) is 3. The minimum atomic E-state index is -3.07. The van der Waals surface area contributed by atoms with E-state index in [4.69, 9.17) is 0 Å². The summed E-state index contributed by atoms with van der Waals surface area (Å²) in [5.41, 5.74) is 0. The van der Waals surface area contributed by atoms with Gasteiger partial charge >= 0.3 is 0 Å². The summed E-state index contributed by atoms with van der Waals surface area (Å²) in [7, 11) is -3.07. The fourth-order valence-corrected chi connectivity index (χ4v) is 1.24. The van der Waals surface area contributed by atoms with Crippen molar-refractivity contribution in [3.05, 3.63) is 0 Å². The summed E-state index contributed by atoms with van der Waals surface area (Å²) in [6.07, 6.45) is 0. The van der Waals surface area contributed by atoms with Gasteiger partial charge < -0.3 is 0 Å². The summed E-state index contributed by atoms with van der Waals surface area (Å²) in [5.74, 6) is -0.562. The Labute approximate surface area is 55.0 Å². The van der Waals surface area contributed by atoms with E-state index in [9.17, 15) is 13.2 Å². The lowest BCUT2D eigenvalue weighted by atomic mass is 10.5. The molecule has 9 heavy (non-hydrogen) atoms. The van der Waals surface area contributed by atoms with E-state index < -0.39 is 9.84 Å². The van der Waals surface area contributed by atoms with E-state index in [2.05, 4.69) is 0 Å². The van der Waals surface area contributed by atoms with E-state index in [1.807, 2.05) is 0 Å². The highest BCUT2D eigenvalue weighted by atomic mass is 32.2. The molecule has 0 N–H and O–H groups in total. The third kappa shape index (κ3) is 4.14. The Morgan fingerprint density at radius 2 is 1.89 bits per heavy atom. The average Bonchev–Trinajstić information content (AvgIpc) is 1.63. The average molecular weight is 150 g/mol. The molecule has 0 atom stereocenters. The molecule has 0 aliphatic rings. The first-order valence-electron chi connectivity index (χ1n) is 2.68. The fourth-order valence-electron chi connectivity index (χ4n) is 0.412. The molecule has 0 aliphatic carbocycles. The summed E-state index contributed by atoms with van der Waals surface area (Å²) in [6, 6.07) is 0. The van der Waals surface area contributed by atoms with Crippen LogP contribution < -0.4 is 0 Å². The minimum absolute atomic E-state index is 0.0482. The zero-order valence-electron chi connectivity index (χ0n) is 5.55. The smallest absolute Gasteiger partial charge is 0.157 e. The standard InChI is InChI=1S/C5H10O3S/c1-3-9(7,8)4-5(2)6/h3-4H2,1-2H3. The number of carbonyl (C=O) groups is 1. The quantitative estimate of drug-likeness (QED) is 0.569. The van der Waals surface area contributed by atoms with E-state index in [1.54, 1.807) is 0 Å². The Bertz CT molecular complexity index is 190. The molecule has 0 aromatic carbocycles. The Hall–Kier alpha value is -0.380. The number of ketones is 1. The molecular formula is C5H10O3S. The molecule has 0 rings (SSSR count). The maximum atomic E-state index is 10.6. The van der Waals surface area contributed by atoms with Crippen molar-refractivity contribution < 1.29 is 13.2 Å². The Morgan fingerprint density at radius 1 is 1.44 bits per heavy atom. The van der Waals surface area contributed by atoms with Gasteiger partial charge in [-0.05, 0) is 6.92 Å². The van der Waals surface area contributed by atoms with Crippen LogP contribution in [0.2, 0.25) is 0 Å². The summed E-state index contributed by atoms with van der Waals surface area (Å²) < 4.78 is 21.2. The van der Waals surface area contributed by atoms with Crippen molar-refractivity contribution in [1.82, 2.24) is 0 Å². The van der Waals surface area contributed by atoms with Crippen molar-refractivity contribution >= 4 is 15.6 Å². The highest BCUT2D eigenvalue weighted by Crippen LogP contribution is 1.88. The molecule has 54 valence electrons. The summed E-state index contributed by atoms with van der Waals surface area (Å²) in [5, 5.41) is 0. The molecule has 4 heteroatoms. The first-order chi connectivity index (χ1) is 3.98. The Kier molecular flexibility index (Phi) is 2.84. The van der Waals surface area contributed by atoms with Crippen molar-refractivity contribution in [2.75, 3.05) is 11.5 Å². The van der Waals surface area contributed by atoms with Gasteiger partial charge in [-0.15, -0.1) is 0 Å². The van der Waals surface area contributed by atoms with Crippen LogP contribution in [-0.2, 0) is 14.6 Å². The monoisotopic (exact) mass is 150 g/mol. The van der Waals surface area contributed by atoms with Gasteiger partial charge in [0.2, 0.25) is 0 Å². The lowest BCUT2D eigenvalue weighted by Gasteiger charge is -1.93. The number of rotatable bonds is 3. The summed E-state index contributed by atoms with van der Waals surface area (Å²) in [6.45, 7) is 2.80. The van der Waals surface area contributed by atoms with E-state index in [1.165, 1.54) is 13.8 Å². The van der Waals surface area contributed by atoms with Crippen LogP contribution in [0.15, 0.2) is 0 Å². The molecule has 0 radical (unpaired) electrons. The van der Waals surface area contributed by atoms with Crippen LogP contribution >= 0.6 is 0 Å². The second-order valence-electron chi connectivity index (χ2n) is 1.88. The van der Waals surface area contributed by atoms with Gasteiger partial charge in [0.15, 0.2) is 9.84 Å². The molecule has 0 aliphatic heterocycles. The fraction of sp³-hybridized carbons (Fsp3) is 0.800. The second kappa shape index (κ2) is 2.96. The van der Waals surface area contributed by atoms with Gasteiger partial charge in [-0.1, -0.05) is 6.92 Å². The zero-order valence-corrected chi connectivity index (χ0v) is 6.36. The molecule has 0 aromatic rings. The largest absolute Gasteiger partial charge is 0.299 e. The Balaban J connectivity index is 4.06. The Morgan fingerprint density at radius 3 is 2.00 bits per heavy atom. The minimum Gasteiger partial charge on any atom is -0.299 e. The molecule has 0 unspecified atom stereocenters. The van der Waals surface area contributed by atoms with Crippen molar-refractivity contribution in [2.24, 2.45) is 0 Å². The predicted molar refractivity (Wildman–Crippen MR) is 35.0 cm³/mol. The number of hydrogen-bond donors (Lipinski definition) is 0. The lowest BCUT2D eigenvalue weighted by Crippen LogP contribution is -2.14. The van der Waals surface area contributed by atoms with Crippen molar-refractivity contribution in [3.63, 3.8) is 0 Å². The number of Topliss-reactive ketones (excluding diaryl/α,β-unsaturated/α-hetero) is 1. The molecule has 0 spiro atoms. The van der Waals surface area contributed by atoms with Crippen molar-refractivity contribution in [1.29, 1.82) is 0 Å². The van der Waals surface area contributed by atoms with Gasteiger partial charge in [-0.3, -0.25) is 4.79 Å². The van der Waals surface area contributed by atoms with Crippen molar-refractivity contribution in [2.45, 2.75) is 13.8 Å². The van der Waals surface area contributed by atoms with Gasteiger partial charge in [0.1, 0.15) is 11.5 Å². The maximum absolute atomic E-state index is 10.6. The first-order valence-corrected chi connectivity index (χ1v) is 4.50. The third-order valence-electron chi connectivity index (χ3n) is 0.863. The highest BCUT2D eigenvalue weighted by molar-refractivity contribution is 7.92. The molecule has 0 fully saturated rings. The van der Waals surface area contributed by atoms with Gasteiger partial charge in [-0.25, -0.2) is 8.42 Å². The van der Waals surface area contributed by atoms with Crippen LogP contribution in [0.25, 0.3) is 0 Å². The molecule has 0 saturated carbocycles. The van der Waals surface area contributed by atoms with Gasteiger partial charge in [-0.2, -0.15) is 0 Å².